The Labute approximate surface area is 147 Å². The van der Waals surface area contributed by atoms with E-state index in [1.165, 1.54) is 12.1 Å². The molecule has 0 saturated heterocycles. The van der Waals surface area contributed by atoms with Gasteiger partial charge in [0.1, 0.15) is 11.4 Å². The van der Waals surface area contributed by atoms with E-state index in [-0.39, 0.29) is 28.7 Å². The number of aromatic amines is 3. The van der Waals surface area contributed by atoms with E-state index in [2.05, 4.69) is 41.2 Å². The Morgan fingerprint density at radius 3 is 2.07 bits per heavy atom. The Hall–Kier alpha value is -4.56. The van der Waals surface area contributed by atoms with Gasteiger partial charge in [-0.15, -0.1) is 5.10 Å². The van der Waals surface area contributed by atoms with E-state index < -0.39 is 28.5 Å². The van der Waals surface area contributed by atoms with Gasteiger partial charge in [-0.05, 0) is 4.92 Å². The number of nitrogens with one attached hydrogen (secondary N) is 5. The zero-order valence-corrected chi connectivity index (χ0v) is 13.1. The lowest BCUT2D eigenvalue weighted by Gasteiger charge is -1.97. The molecule has 3 amide bonds. The lowest BCUT2D eigenvalue weighted by atomic mass is 10.3. The molecule has 0 radical (unpaired) electrons. The van der Waals surface area contributed by atoms with Crippen LogP contribution in [0, 0.1) is 10.1 Å². The van der Waals surface area contributed by atoms with Crippen LogP contribution in [0.4, 0.5) is 17.5 Å². The van der Waals surface area contributed by atoms with Crippen molar-refractivity contribution in [2.75, 3.05) is 10.6 Å². The Kier molecular flexibility index (Phi) is 4.31. The maximum absolute atomic E-state index is 12.1. The van der Waals surface area contributed by atoms with Crippen molar-refractivity contribution in [2.24, 2.45) is 5.73 Å². The second kappa shape index (κ2) is 6.75. The minimum absolute atomic E-state index is 0.0101. The Morgan fingerprint density at radius 2 is 1.52 bits per heavy atom. The van der Waals surface area contributed by atoms with Crippen LogP contribution in [0.25, 0.3) is 0 Å². The van der Waals surface area contributed by atoms with Gasteiger partial charge in [-0.1, -0.05) is 5.10 Å². The first-order chi connectivity index (χ1) is 12.8. The van der Waals surface area contributed by atoms with Crippen LogP contribution < -0.4 is 16.4 Å². The molecular formula is C12H10N10O5. The fraction of sp³-hybridized carbons (Fsp3) is 0. The van der Waals surface area contributed by atoms with Crippen LogP contribution in [0.5, 0.6) is 0 Å². The second-order valence-corrected chi connectivity index (χ2v) is 5.00. The number of nitrogens with zero attached hydrogens (tertiary/aromatic N) is 4. The molecule has 0 aliphatic rings. The summed E-state index contributed by atoms with van der Waals surface area (Å²) in [4.78, 5) is 44.8. The van der Waals surface area contributed by atoms with Crippen LogP contribution in [0.2, 0.25) is 0 Å². The molecule has 0 spiro atoms. The highest BCUT2D eigenvalue weighted by Gasteiger charge is 2.19. The topological polar surface area (TPSA) is 230 Å². The zero-order valence-electron chi connectivity index (χ0n) is 13.1. The SMILES string of the molecule is NC(=O)c1cc(NC(=O)c2cc(NC(=O)c3cc([N+](=O)[O-])[nH]n3)n[nH]2)n[nH]1. The number of nitrogens with two attached hydrogens (primary N) is 1. The van der Waals surface area contributed by atoms with Crippen LogP contribution in [-0.2, 0) is 0 Å². The monoisotopic (exact) mass is 374 g/mol. The molecule has 3 heterocycles. The molecule has 0 aliphatic carbocycles. The summed E-state index contributed by atoms with van der Waals surface area (Å²) in [6.07, 6.45) is 0. The van der Waals surface area contributed by atoms with Crippen molar-refractivity contribution in [1.29, 1.82) is 0 Å². The predicted molar refractivity (Wildman–Crippen MR) is 86.8 cm³/mol. The minimum Gasteiger partial charge on any atom is -0.364 e. The summed E-state index contributed by atoms with van der Waals surface area (Å²) in [5, 5.41) is 33.0. The third-order valence-electron chi connectivity index (χ3n) is 3.14. The number of primary amides is 1. The molecule has 7 N–H and O–H groups in total. The van der Waals surface area contributed by atoms with Crippen molar-refractivity contribution in [3.8, 4) is 0 Å². The first-order valence-corrected chi connectivity index (χ1v) is 7.06. The third kappa shape index (κ3) is 3.76. The van der Waals surface area contributed by atoms with Crippen LogP contribution in [-0.4, -0.2) is 53.2 Å². The fourth-order valence-electron chi connectivity index (χ4n) is 1.90. The molecule has 0 saturated carbocycles. The summed E-state index contributed by atoms with van der Waals surface area (Å²) in [7, 11) is 0. The molecule has 3 rings (SSSR count). The molecule has 0 atom stereocenters. The van der Waals surface area contributed by atoms with Crippen LogP contribution in [0.15, 0.2) is 18.2 Å². The number of carbonyl (C=O) groups excluding carboxylic acids is 3. The standard InChI is InChI=1S/C12H10N10O5/c13-10(23)4-1-7(19-16-4)14-11(24)5-2-8(20-17-5)15-12(25)6-3-9(21-18-6)22(26)27/h1-3H,(H2,13,23)(H,18,21)(H2,14,16,19,24)(H2,15,17,20,25). The predicted octanol–water partition coefficient (Wildman–Crippen LogP) is -0.632. The lowest BCUT2D eigenvalue weighted by molar-refractivity contribution is -0.389. The van der Waals surface area contributed by atoms with Crippen LogP contribution >= 0.6 is 0 Å². The summed E-state index contributed by atoms with van der Waals surface area (Å²) in [6, 6.07) is 3.41. The molecule has 27 heavy (non-hydrogen) atoms. The van der Waals surface area contributed by atoms with Gasteiger partial charge in [-0.25, -0.2) is 0 Å². The molecule has 15 heteroatoms. The summed E-state index contributed by atoms with van der Waals surface area (Å²) < 4.78 is 0. The van der Waals surface area contributed by atoms with E-state index in [0.29, 0.717) is 0 Å². The Morgan fingerprint density at radius 1 is 0.926 bits per heavy atom. The van der Waals surface area contributed by atoms with E-state index in [4.69, 9.17) is 5.73 Å². The zero-order chi connectivity index (χ0) is 19.6. The molecular weight excluding hydrogens is 364 g/mol. The van der Waals surface area contributed by atoms with E-state index in [0.717, 1.165) is 6.07 Å². The van der Waals surface area contributed by atoms with Gasteiger partial charge in [0.15, 0.2) is 17.3 Å². The van der Waals surface area contributed by atoms with Gasteiger partial charge in [0.25, 0.3) is 17.7 Å². The number of aromatic nitrogens is 6. The van der Waals surface area contributed by atoms with E-state index in [1.54, 1.807) is 0 Å². The summed E-state index contributed by atoms with van der Waals surface area (Å²) in [5.74, 6) is -2.57. The van der Waals surface area contributed by atoms with Crippen molar-refractivity contribution in [3.63, 3.8) is 0 Å². The van der Waals surface area contributed by atoms with E-state index in [1.807, 2.05) is 0 Å². The summed E-state index contributed by atoms with van der Waals surface area (Å²) >= 11 is 0. The summed E-state index contributed by atoms with van der Waals surface area (Å²) in [6.45, 7) is 0. The van der Waals surface area contributed by atoms with E-state index in [9.17, 15) is 24.5 Å². The highest BCUT2D eigenvalue weighted by Crippen LogP contribution is 2.12. The van der Waals surface area contributed by atoms with Gasteiger partial charge in [-0.2, -0.15) is 10.2 Å². The summed E-state index contributed by atoms with van der Waals surface area (Å²) in [5.41, 5.74) is 4.81. The number of rotatable bonds is 6. The molecule has 15 nitrogen and oxygen atoms in total. The molecule has 0 bridgehead atoms. The smallest absolute Gasteiger partial charge is 0.343 e. The minimum atomic E-state index is -0.767. The molecule has 0 aromatic carbocycles. The fourth-order valence-corrected chi connectivity index (χ4v) is 1.90. The first kappa shape index (κ1) is 17.3. The highest BCUT2D eigenvalue weighted by atomic mass is 16.6. The van der Waals surface area contributed by atoms with Crippen molar-refractivity contribution < 1.29 is 19.3 Å². The third-order valence-corrected chi connectivity index (χ3v) is 3.14. The highest BCUT2D eigenvalue weighted by molar-refractivity contribution is 6.05. The molecule has 0 aliphatic heterocycles. The van der Waals surface area contributed by atoms with Crippen molar-refractivity contribution >= 4 is 35.2 Å². The molecule has 138 valence electrons. The van der Waals surface area contributed by atoms with Gasteiger partial charge >= 0.3 is 5.82 Å². The molecule has 3 aromatic rings. The Bertz CT molecular complexity index is 1050. The number of nitro groups is 1. The molecule has 0 fully saturated rings. The van der Waals surface area contributed by atoms with Crippen molar-refractivity contribution in [2.45, 2.75) is 0 Å². The lowest BCUT2D eigenvalue weighted by Crippen LogP contribution is -2.13. The number of carbonyl (C=O) groups is 3. The average molecular weight is 374 g/mol. The van der Waals surface area contributed by atoms with Crippen molar-refractivity contribution in [1.82, 2.24) is 30.6 Å². The van der Waals surface area contributed by atoms with Gasteiger partial charge < -0.3 is 26.5 Å². The maximum atomic E-state index is 12.1. The largest absolute Gasteiger partial charge is 0.364 e. The van der Waals surface area contributed by atoms with Gasteiger partial charge in [0.2, 0.25) is 0 Å². The number of H-pyrrole nitrogens is 3. The van der Waals surface area contributed by atoms with Crippen molar-refractivity contribution in [3.05, 3.63) is 45.4 Å². The number of hydrogen-bond acceptors (Lipinski definition) is 8. The van der Waals surface area contributed by atoms with Crippen LogP contribution in [0.3, 0.4) is 0 Å². The average Bonchev–Trinajstić information content (AvgIpc) is 3.35. The normalized spacial score (nSPS) is 10.4. The van der Waals surface area contributed by atoms with E-state index >= 15 is 0 Å². The second-order valence-electron chi connectivity index (χ2n) is 5.00. The molecule has 0 unspecified atom stereocenters. The van der Waals surface area contributed by atoms with Gasteiger partial charge in [-0.3, -0.25) is 24.6 Å². The van der Waals surface area contributed by atoms with Gasteiger partial charge in [0.05, 0.1) is 6.07 Å². The van der Waals surface area contributed by atoms with Gasteiger partial charge in [0, 0.05) is 12.1 Å². The maximum Gasteiger partial charge on any atom is 0.343 e. The first-order valence-electron chi connectivity index (χ1n) is 7.06. The number of hydrogen-bond donors (Lipinski definition) is 6. The number of anilines is 2. The Balaban J connectivity index is 1.64. The number of amides is 3. The quantitative estimate of drug-likeness (QED) is 0.239. The molecule has 3 aromatic heterocycles. The van der Waals surface area contributed by atoms with Crippen LogP contribution in [0.1, 0.15) is 31.5 Å².